The Morgan fingerprint density at radius 3 is 2.35 bits per heavy atom. The standard InChI is InChI=1S/C25H26BN3O2/c1-17-4-5-18(15-27-17)16-28-24(30)21-12-20(19-6-8-23(26)9-7-19)13-22(14-21)25(31)29-10-2-3-11-29/h4-9,12-15H,2-3,10-11,16,26H2,1H3,(H,28,30). The summed E-state index contributed by atoms with van der Waals surface area (Å²) >= 11 is 0. The Hall–Kier alpha value is -3.41. The second kappa shape index (κ2) is 9.17. The third kappa shape index (κ3) is 5.02. The maximum Gasteiger partial charge on any atom is 0.253 e. The maximum atomic E-state index is 13.1. The molecule has 1 N–H and O–H groups in total. The molecule has 0 saturated carbocycles. The fourth-order valence-corrected chi connectivity index (χ4v) is 3.79. The van der Waals surface area contributed by atoms with Gasteiger partial charge in [0, 0.05) is 42.7 Å². The topological polar surface area (TPSA) is 62.3 Å². The summed E-state index contributed by atoms with van der Waals surface area (Å²) in [6.07, 6.45) is 3.82. The molecule has 0 unspecified atom stereocenters. The fourth-order valence-electron chi connectivity index (χ4n) is 3.79. The number of aromatic nitrogens is 1. The van der Waals surface area contributed by atoms with Crippen molar-refractivity contribution in [2.45, 2.75) is 26.3 Å². The average molecular weight is 411 g/mol. The van der Waals surface area contributed by atoms with Crippen molar-refractivity contribution in [2.24, 2.45) is 0 Å². The Morgan fingerprint density at radius 1 is 0.968 bits per heavy atom. The van der Waals surface area contributed by atoms with E-state index < -0.39 is 0 Å². The minimum absolute atomic E-state index is 0.0109. The van der Waals surface area contributed by atoms with Crippen LogP contribution in [-0.4, -0.2) is 42.6 Å². The van der Waals surface area contributed by atoms with Crippen molar-refractivity contribution in [1.29, 1.82) is 0 Å². The third-order valence-electron chi connectivity index (χ3n) is 5.65. The van der Waals surface area contributed by atoms with Crippen LogP contribution in [0.5, 0.6) is 0 Å². The molecule has 1 fully saturated rings. The first-order valence-electron chi connectivity index (χ1n) is 10.7. The van der Waals surface area contributed by atoms with Crippen LogP contribution >= 0.6 is 0 Å². The number of nitrogens with one attached hydrogen (secondary N) is 1. The number of hydrogen-bond acceptors (Lipinski definition) is 3. The van der Waals surface area contributed by atoms with Gasteiger partial charge >= 0.3 is 0 Å². The second-order valence-corrected chi connectivity index (χ2v) is 8.15. The fraction of sp³-hybridized carbons (Fsp3) is 0.240. The highest BCUT2D eigenvalue weighted by Crippen LogP contribution is 2.24. The van der Waals surface area contributed by atoms with Crippen LogP contribution in [-0.2, 0) is 6.54 Å². The Morgan fingerprint density at radius 2 is 1.68 bits per heavy atom. The molecule has 0 spiro atoms. The number of amides is 2. The van der Waals surface area contributed by atoms with Gasteiger partial charge in [-0.3, -0.25) is 14.6 Å². The van der Waals surface area contributed by atoms with Gasteiger partial charge in [-0.05, 0) is 60.7 Å². The zero-order valence-electron chi connectivity index (χ0n) is 18.0. The number of likely N-dealkylation sites (tertiary alicyclic amines) is 1. The first-order valence-corrected chi connectivity index (χ1v) is 10.7. The first kappa shape index (κ1) is 20.9. The SMILES string of the molecule is Bc1ccc(-c2cc(C(=O)NCc3ccc(C)nc3)cc(C(=O)N3CCCC3)c2)cc1. The number of aryl methyl sites for hydroxylation is 1. The Bertz CT molecular complexity index is 1090. The van der Waals surface area contributed by atoms with E-state index in [9.17, 15) is 9.59 Å². The number of pyridine rings is 1. The molecule has 3 aromatic rings. The molecule has 0 bridgehead atoms. The molecule has 6 heteroatoms. The van der Waals surface area contributed by atoms with E-state index >= 15 is 0 Å². The third-order valence-corrected chi connectivity index (χ3v) is 5.65. The summed E-state index contributed by atoms with van der Waals surface area (Å²) < 4.78 is 0. The molecule has 156 valence electrons. The largest absolute Gasteiger partial charge is 0.348 e. The molecule has 31 heavy (non-hydrogen) atoms. The summed E-state index contributed by atoms with van der Waals surface area (Å²) in [7, 11) is 2.04. The average Bonchev–Trinajstić information content (AvgIpc) is 3.33. The van der Waals surface area contributed by atoms with E-state index in [1.54, 1.807) is 12.3 Å². The van der Waals surface area contributed by atoms with Gasteiger partial charge in [0.1, 0.15) is 7.85 Å². The van der Waals surface area contributed by atoms with Crippen LogP contribution in [0, 0.1) is 6.92 Å². The van der Waals surface area contributed by atoms with E-state index in [4.69, 9.17) is 0 Å². The molecular formula is C25H26BN3O2. The summed E-state index contributed by atoms with van der Waals surface area (Å²) in [6, 6.07) is 17.5. The van der Waals surface area contributed by atoms with Gasteiger partial charge in [0.25, 0.3) is 11.8 Å². The molecule has 0 atom stereocenters. The van der Waals surface area contributed by atoms with Crippen molar-refractivity contribution < 1.29 is 9.59 Å². The molecule has 1 aliphatic heterocycles. The van der Waals surface area contributed by atoms with Crippen molar-refractivity contribution in [3.63, 3.8) is 0 Å². The van der Waals surface area contributed by atoms with Crippen molar-refractivity contribution in [2.75, 3.05) is 13.1 Å². The predicted molar refractivity (Wildman–Crippen MR) is 125 cm³/mol. The lowest BCUT2D eigenvalue weighted by atomic mass is 9.92. The number of carbonyl (C=O) groups is 2. The lowest BCUT2D eigenvalue weighted by Crippen LogP contribution is -2.28. The van der Waals surface area contributed by atoms with Crippen LogP contribution < -0.4 is 10.8 Å². The van der Waals surface area contributed by atoms with Crippen LogP contribution in [0.2, 0.25) is 0 Å². The lowest BCUT2D eigenvalue weighted by molar-refractivity contribution is 0.0793. The second-order valence-electron chi connectivity index (χ2n) is 8.15. The summed E-state index contributed by atoms with van der Waals surface area (Å²) in [4.78, 5) is 32.2. The highest BCUT2D eigenvalue weighted by molar-refractivity contribution is 6.32. The van der Waals surface area contributed by atoms with Gasteiger partial charge in [-0.15, -0.1) is 0 Å². The van der Waals surface area contributed by atoms with E-state index in [0.29, 0.717) is 17.7 Å². The molecule has 2 amide bonds. The number of rotatable bonds is 5. The Labute approximate surface area is 183 Å². The Kier molecular flexibility index (Phi) is 6.17. The van der Waals surface area contributed by atoms with Crippen LogP contribution in [0.25, 0.3) is 11.1 Å². The van der Waals surface area contributed by atoms with Gasteiger partial charge in [0.2, 0.25) is 0 Å². The van der Waals surface area contributed by atoms with Gasteiger partial charge in [0.15, 0.2) is 0 Å². The molecule has 0 radical (unpaired) electrons. The smallest absolute Gasteiger partial charge is 0.253 e. The van der Waals surface area contributed by atoms with Gasteiger partial charge in [-0.1, -0.05) is 35.8 Å². The Balaban J connectivity index is 1.63. The highest BCUT2D eigenvalue weighted by Gasteiger charge is 2.21. The highest BCUT2D eigenvalue weighted by atomic mass is 16.2. The van der Waals surface area contributed by atoms with Crippen molar-refractivity contribution in [3.8, 4) is 11.1 Å². The van der Waals surface area contributed by atoms with E-state index in [1.807, 2.05) is 68.2 Å². The number of hydrogen-bond donors (Lipinski definition) is 1. The molecule has 1 saturated heterocycles. The molecule has 2 aromatic carbocycles. The van der Waals surface area contributed by atoms with Crippen LogP contribution in [0.1, 0.15) is 44.8 Å². The molecule has 1 aromatic heterocycles. The van der Waals surface area contributed by atoms with E-state index in [2.05, 4.69) is 10.3 Å². The van der Waals surface area contributed by atoms with Gasteiger partial charge in [-0.25, -0.2) is 0 Å². The minimum Gasteiger partial charge on any atom is -0.348 e. The quantitative estimate of drug-likeness (QED) is 0.657. The normalized spacial score (nSPS) is 13.3. The van der Waals surface area contributed by atoms with Crippen molar-refractivity contribution >= 4 is 25.1 Å². The summed E-state index contributed by atoms with van der Waals surface area (Å²) in [5.41, 5.74) is 5.93. The molecule has 2 heterocycles. The number of nitrogens with zero attached hydrogens (tertiary/aromatic N) is 2. The predicted octanol–water partition coefficient (Wildman–Crippen LogP) is 2.48. The van der Waals surface area contributed by atoms with Gasteiger partial charge in [0.05, 0.1) is 0 Å². The van der Waals surface area contributed by atoms with Gasteiger partial charge in [-0.2, -0.15) is 0 Å². The van der Waals surface area contributed by atoms with Crippen LogP contribution in [0.4, 0.5) is 0 Å². The first-order chi connectivity index (χ1) is 15.0. The number of benzene rings is 2. The molecular weight excluding hydrogens is 385 g/mol. The van der Waals surface area contributed by atoms with E-state index in [1.165, 1.54) is 0 Å². The van der Waals surface area contributed by atoms with Crippen LogP contribution in [0.15, 0.2) is 60.8 Å². The maximum absolute atomic E-state index is 13.1. The molecule has 1 aliphatic rings. The van der Waals surface area contributed by atoms with Gasteiger partial charge < -0.3 is 10.2 Å². The summed E-state index contributed by atoms with van der Waals surface area (Å²) in [5.74, 6) is -0.215. The molecule has 5 nitrogen and oxygen atoms in total. The molecule has 0 aliphatic carbocycles. The zero-order chi connectivity index (χ0) is 21.8. The monoisotopic (exact) mass is 411 g/mol. The van der Waals surface area contributed by atoms with E-state index in [0.717, 1.165) is 53.8 Å². The lowest BCUT2D eigenvalue weighted by Gasteiger charge is -2.17. The van der Waals surface area contributed by atoms with Crippen LogP contribution in [0.3, 0.4) is 0 Å². The summed E-state index contributed by atoms with van der Waals surface area (Å²) in [5, 5.41) is 2.95. The molecule has 4 rings (SSSR count). The zero-order valence-corrected chi connectivity index (χ0v) is 18.0. The minimum atomic E-state index is -0.204. The van der Waals surface area contributed by atoms with Crippen molar-refractivity contribution in [1.82, 2.24) is 15.2 Å². The van der Waals surface area contributed by atoms with Crippen molar-refractivity contribution in [3.05, 3.63) is 83.2 Å². The van der Waals surface area contributed by atoms with E-state index in [-0.39, 0.29) is 11.8 Å². The summed E-state index contributed by atoms with van der Waals surface area (Å²) in [6.45, 7) is 3.86. The number of carbonyl (C=O) groups excluding carboxylic acids is 2.